The van der Waals surface area contributed by atoms with Gasteiger partial charge in [-0.25, -0.2) is 14.1 Å². The summed E-state index contributed by atoms with van der Waals surface area (Å²) in [7, 11) is 0. The van der Waals surface area contributed by atoms with Crippen molar-refractivity contribution in [3.05, 3.63) is 30.1 Å². The summed E-state index contributed by atoms with van der Waals surface area (Å²) in [6.07, 6.45) is 0. The quantitative estimate of drug-likeness (QED) is 0.637. The summed E-state index contributed by atoms with van der Waals surface area (Å²) >= 11 is 0. The molecular weight excluding hydrogens is 293 g/mol. The second kappa shape index (κ2) is 5.21. The van der Waals surface area contributed by atoms with Gasteiger partial charge in [0.05, 0.1) is 12.3 Å². The number of nitrogens with zero attached hydrogens (tertiary/aromatic N) is 2. The van der Waals surface area contributed by atoms with Crippen LogP contribution in [0.25, 0.3) is 0 Å². The van der Waals surface area contributed by atoms with Crippen molar-refractivity contribution in [2.45, 2.75) is 13.0 Å². The number of ether oxygens (including phenoxy) is 1. The minimum Gasteiger partial charge on any atom is -0.461 e. The van der Waals surface area contributed by atoms with Crippen LogP contribution in [0.5, 0.6) is 0 Å². The van der Waals surface area contributed by atoms with E-state index in [4.69, 9.17) is 4.74 Å². The summed E-state index contributed by atoms with van der Waals surface area (Å²) < 4.78 is 18.7. The molecule has 7 nitrogen and oxygen atoms in total. The molecule has 3 rings (SSSR count). The maximum atomic E-state index is 13.9. The lowest BCUT2D eigenvalue weighted by Crippen LogP contribution is -2.36. The van der Waals surface area contributed by atoms with E-state index < -0.39 is 35.6 Å². The Labute approximate surface area is 124 Å². The van der Waals surface area contributed by atoms with E-state index in [9.17, 15) is 18.8 Å². The number of fused-ring (bicyclic) bond motifs is 1. The number of hydrazone groups is 1. The number of nitrogens with one attached hydrogen (secondary N) is 1. The molecule has 2 aliphatic heterocycles. The van der Waals surface area contributed by atoms with Gasteiger partial charge >= 0.3 is 5.97 Å². The number of rotatable bonds is 3. The predicted molar refractivity (Wildman–Crippen MR) is 73.4 cm³/mol. The monoisotopic (exact) mass is 305 g/mol. The summed E-state index contributed by atoms with van der Waals surface area (Å²) in [4.78, 5) is 37.3. The Morgan fingerprint density at radius 1 is 1.36 bits per heavy atom. The highest BCUT2D eigenvalue weighted by Gasteiger charge is 2.56. The van der Waals surface area contributed by atoms with Crippen LogP contribution in [0.2, 0.25) is 0 Å². The molecule has 0 radical (unpaired) electrons. The van der Waals surface area contributed by atoms with Gasteiger partial charge in [-0.3, -0.25) is 15.0 Å². The zero-order valence-electron chi connectivity index (χ0n) is 11.6. The second-order valence-corrected chi connectivity index (χ2v) is 4.77. The molecule has 2 amide bonds. The molecule has 2 heterocycles. The van der Waals surface area contributed by atoms with Crippen LogP contribution in [-0.2, 0) is 19.1 Å². The number of hydrogen-bond donors (Lipinski definition) is 1. The van der Waals surface area contributed by atoms with Crippen molar-refractivity contribution in [3.8, 4) is 0 Å². The van der Waals surface area contributed by atoms with Gasteiger partial charge in [-0.2, -0.15) is 5.10 Å². The van der Waals surface area contributed by atoms with Crippen molar-refractivity contribution in [2.24, 2.45) is 11.0 Å². The minimum absolute atomic E-state index is 0.119. The van der Waals surface area contributed by atoms with Crippen molar-refractivity contribution in [1.29, 1.82) is 0 Å². The molecule has 2 aliphatic rings. The highest BCUT2D eigenvalue weighted by Crippen LogP contribution is 2.32. The Morgan fingerprint density at radius 3 is 2.77 bits per heavy atom. The Kier molecular flexibility index (Phi) is 3.36. The van der Waals surface area contributed by atoms with Gasteiger partial charge in [-0.05, 0) is 19.1 Å². The fraction of sp³-hybridized carbons (Fsp3) is 0.286. The van der Waals surface area contributed by atoms with E-state index in [-0.39, 0.29) is 18.0 Å². The molecule has 22 heavy (non-hydrogen) atoms. The molecular formula is C14H12FN3O4. The van der Waals surface area contributed by atoms with Crippen molar-refractivity contribution in [3.63, 3.8) is 0 Å². The standard InChI is InChI=1S/C14H12FN3O4/c1-2-22-14(21)11-9-10(16-17-11)13(20)18(12(9)19)8-6-4-3-5-7(8)15/h3-6,9-10,16H,2H2,1H3/t9-,10+/m1/s1. The molecule has 0 spiro atoms. The van der Waals surface area contributed by atoms with Crippen LogP contribution in [0.15, 0.2) is 29.4 Å². The molecule has 0 bridgehead atoms. The Balaban J connectivity index is 1.95. The molecule has 114 valence electrons. The Morgan fingerprint density at radius 2 is 2.09 bits per heavy atom. The number of carbonyl (C=O) groups excluding carboxylic acids is 3. The first-order valence-electron chi connectivity index (χ1n) is 6.68. The molecule has 1 saturated heterocycles. The fourth-order valence-electron chi connectivity index (χ4n) is 2.53. The lowest BCUT2D eigenvalue weighted by molar-refractivity contribution is -0.136. The van der Waals surface area contributed by atoms with Crippen LogP contribution in [0.4, 0.5) is 10.1 Å². The molecule has 1 aromatic rings. The van der Waals surface area contributed by atoms with Crippen molar-refractivity contribution in [2.75, 3.05) is 11.5 Å². The maximum Gasteiger partial charge on any atom is 0.355 e. The van der Waals surface area contributed by atoms with Gasteiger partial charge in [0.2, 0.25) is 5.91 Å². The molecule has 0 aliphatic carbocycles. The van der Waals surface area contributed by atoms with E-state index in [1.165, 1.54) is 18.2 Å². The van der Waals surface area contributed by atoms with Crippen LogP contribution >= 0.6 is 0 Å². The summed E-state index contributed by atoms with van der Waals surface area (Å²) in [6, 6.07) is 4.44. The molecule has 0 aromatic heterocycles. The minimum atomic E-state index is -1.09. The highest BCUT2D eigenvalue weighted by atomic mass is 19.1. The van der Waals surface area contributed by atoms with Crippen molar-refractivity contribution in [1.82, 2.24) is 5.43 Å². The highest BCUT2D eigenvalue weighted by molar-refractivity contribution is 6.46. The molecule has 8 heteroatoms. The number of esters is 1. The number of amides is 2. The van der Waals surface area contributed by atoms with E-state index in [0.29, 0.717) is 0 Å². The van der Waals surface area contributed by atoms with Gasteiger partial charge in [0, 0.05) is 0 Å². The van der Waals surface area contributed by atoms with Gasteiger partial charge < -0.3 is 4.74 Å². The average Bonchev–Trinajstić information content (AvgIpc) is 3.02. The zero-order chi connectivity index (χ0) is 15.9. The van der Waals surface area contributed by atoms with Crippen molar-refractivity contribution >= 4 is 29.2 Å². The van der Waals surface area contributed by atoms with Gasteiger partial charge in [-0.1, -0.05) is 12.1 Å². The molecule has 2 atom stereocenters. The van der Waals surface area contributed by atoms with E-state index in [2.05, 4.69) is 10.5 Å². The zero-order valence-corrected chi connectivity index (χ0v) is 11.6. The van der Waals surface area contributed by atoms with Crippen LogP contribution in [-0.4, -0.2) is 36.1 Å². The number of hydrogen-bond acceptors (Lipinski definition) is 6. The van der Waals surface area contributed by atoms with Gasteiger partial charge in [0.1, 0.15) is 17.8 Å². The summed E-state index contributed by atoms with van der Waals surface area (Å²) in [6.45, 7) is 1.74. The fourth-order valence-corrected chi connectivity index (χ4v) is 2.53. The molecule has 1 fully saturated rings. The number of halogens is 1. The summed E-state index contributed by atoms with van der Waals surface area (Å²) in [5.41, 5.74) is 2.16. The smallest absolute Gasteiger partial charge is 0.355 e. The van der Waals surface area contributed by atoms with E-state index in [1.54, 1.807) is 6.92 Å². The van der Waals surface area contributed by atoms with Crippen LogP contribution in [0, 0.1) is 11.7 Å². The van der Waals surface area contributed by atoms with Gasteiger partial charge in [0.15, 0.2) is 5.71 Å². The lowest BCUT2D eigenvalue weighted by atomic mass is 9.99. The summed E-state index contributed by atoms with van der Waals surface area (Å²) in [5, 5.41) is 3.72. The molecule has 0 unspecified atom stereocenters. The number of carbonyl (C=O) groups is 3. The topological polar surface area (TPSA) is 88.1 Å². The van der Waals surface area contributed by atoms with Crippen LogP contribution in [0.3, 0.4) is 0 Å². The lowest BCUT2D eigenvalue weighted by Gasteiger charge is -2.16. The number of imide groups is 1. The first-order chi connectivity index (χ1) is 10.6. The number of anilines is 1. The average molecular weight is 305 g/mol. The van der Waals surface area contributed by atoms with Crippen LogP contribution in [0.1, 0.15) is 6.92 Å². The SMILES string of the molecule is CCOC(=O)C1=NN[C@@H]2C(=O)N(c3ccccc3F)C(=O)[C@@H]12. The second-order valence-electron chi connectivity index (χ2n) is 4.77. The van der Waals surface area contributed by atoms with E-state index in [0.717, 1.165) is 11.0 Å². The molecule has 1 aromatic carbocycles. The third kappa shape index (κ3) is 1.95. The maximum absolute atomic E-state index is 13.9. The largest absolute Gasteiger partial charge is 0.461 e. The third-order valence-electron chi connectivity index (χ3n) is 3.50. The first kappa shape index (κ1) is 14.2. The van der Waals surface area contributed by atoms with E-state index >= 15 is 0 Å². The van der Waals surface area contributed by atoms with Crippen LogP contribution < -0.4 is 10.3 Å². The molecule has 1 N–H and O–H groups in total. The number of benzene rings is 1. The molecule has 0 saturated carbocycles. The third-order valence-corrected chi connectivity index (χ3v) is 3.50. The van der Waals surface area contributed by atoms with Gasteiger partial charge in [-0.15, -0.1) is 0 Å². The summed E-state index contributed by atoms with van der Waals surface area (Å²) in [5.74, 6) is -3.90. The number of para-hydroxylation sites is 1. The predicted octanol–water partition coefficient (Wildman–Crippen LogP) is 0.206. The van der Waals surface area contributed by atoms with Gasteiger partial charge in [0.25, 0.3) is 5.91 Å². The normalized spacial score (nSPS) is 23.2. The Bertz CT molecular complexity index is 703. The van der Waals surface area contributed by atoms with Crippen molar-refractivity contribution < 1.29 is 23.5 Å². The Hall–Kier alpha value is -2.77. The van der Waals surface area contributed by atoms with E-state index in [1.807, 2.05) is 0 Å². The first-order valence-corrected chi connectivity index (χ1v) is 6.68.